The maximum atomic E-state index is 12.1. The summed E-state index contributed by atoms with van der Waals surface area (Å²) in [6, 6.07) is 0. The number of rotatable bonds is 10. The fraction of sp³-hybridized carbons (Fsp3) is 0.912. The lowest BCUT2D eigenvalue weighted by Gasteiger charge is -2.63. The fourth-order valence-electron chi connectivity index (χ4n) is 9.87. The van der Waals surface area contributed by atoms with Gasteiger partial charge in [-0.1, -0.05) is 32.4 Å². The first-order chi connectivity index (χ1) is 19.2. The first-order valence-electron chi connectivity index (χ1n) is 17.0. The Kier molecular flexibility index (Phi) is 10.0. The molecular formula is C34H64O5Si3. The van der Waals surface area contributed by atoms with Gasteiger partial charge >= 0.3 is 5.97 Å². The molecule has 0 radical (unpaired) electrons. The van der Waals surface area contributed by atoms with Gasteiger partial charge in [-0.25, -0.2) is 0 Å². The van der Waals surface area contributed by atoms with Gasteiger partial charge < -0.3 is 18.0 Å². The zero-order valence-electron chi connectivity index (χ0n) is 29.4. The first kappa shape index (κ1) is 34.6. The maximum Gasteiger partial charge on any atom is 0.305 e. The van der Waals surface area contributed by atoms with Gasteiger partial charge in [0.1, 0.15) is 0 Å². The molecule has 0 N–H and O–H groups in total. The SMILES string of the molecule is COC(=O)CC[C@@H](C)[C@H]1CCC2C3C(C[C@H](O[Si](C)(C)C)[C@@]21C)[C@@]1(C)CC[C@H](O[Si](C)(C)C)CC1=C[C@H]3O[Si](C)(C)C. The van der Waals surface area contributed by atoms with E-state index in [2.05, 4.69) is 85.8 Å². The van der Waals surface area contributed by atoms with Crippen molar-refractivity contribution in [1.82, 2.24) is 0 Å². The van der Waals surface area contributed by atoms with Crippen molar-refractivity contribution in [1.29, 1.82) is 0 Å². The lowest BCUT2D eigenvalue weighted by atomic mass is 9.45. The minimum atomic E-state index is -1.80. The third kappa shape index (κ3) is 7.24. The van der Waals surface area contributed by atoms with E-state index in [1.54, 1.807) is 5.57 Å². The average molecular weight is 637 g/mol. The number of fused-ring (bicyclic) bond motifs is 5. The van der Waals surface area contributed by atoms with E-state index >= 15 is 0 Å². The summed E-state index contributed by atoms with van der Waals surface area (Å²) >= 11 is 0. The number of methoxy groups -OCH3 is 1. The Labute approximate surface area is 261 Å². The highest BCUT2D eigenvalue weighted by atomic mass is 28.4. The third-order valence-corrected chi connectivity index (χ3v) is 14.4. The van der Waals surface area contributed by atoms with Crippen molar-refractivity contribution in [3.63, 3.8) is 0 Å². The van der Waals surface area contributed by atoms with Crippen LogP contribution in [-0.2, 0) is 22.8 Å². The second-order valence-electron chi connectivity index (χ2n) is 17.8. The highest BCUT2D eigenvalue weighted by Crippen LogP contribution is 2.68. The topological polar surface area (TPSA) is 54.0 Å². The number of hydrogen-bond donors (Lipinski definition) is 0. The number of ether oxygens (including phenoxy) is 1. The van der Waals surface area contributed by atoms with Gasteiger partial charge in [0.15, 0.2) is 25.0 Å². The highest BCUT2D eigenvalue weighted by Gasteiger charge is 2.65. The molecule has 0 heterocycles. The molecule has 0 saturated heterocycles. The molecule has 3 saturated carbocycles. The number of carbonyl (C=O) groups is 1. The Morgan fingerprint density at radius 1 is 0.905 bits per heavy atom. The third-order valence-electron chi connectivity index (χ3n) is 11.4. The predicted octanol–water partition coefficient (Wildman–Crippen LogP) is 9.03. The van der Waals surface area contributed by atoms with Crippen LogP contribution >= 0.6 is 0 Å². The van der Waals surface area contributed by atoms with Crippen LogP contribution < -0.4 is 0 Å². The molecule has 3 fully saturated rings. The van der Waals surface area contributed by atoms with Crippen molar-refractivity contribution < 1.29 is 22.8 Å². The van der Waals surface area contributed by atoms with Crippen LogP contribution in [0.2, 0.25) is 58.9 Å². The highest BCUT2D eigenvalue weighted by molar-refractivity contribution is 6.70. The van der Waals surface area contributed by atoms with Gasteiger partial charge in [-0.3, -0.25) is 4.79 Å². The molecule has 0 aromatic carbocycles. The van der Waals surface area contributed by atoms with Crippen LogP contribution in [0.1, 0.15) is 72.1 Å². The Hall–Kier alpha value is -0.259. The summed E-state index contributed by atoms with van der Waals surface area (Å²) in [7, 11) is -3.70. The lowest BCUT2D eigenvalue weighted by Crippen LogP contribution is -2.62. The standard InChI is InChI=1S/C34H64O5Si3/c1-23(14-17-31(35)36-4)26-15-16-27-32-28(22-30(34(26,27)3)39-42(11,12)13)33(2)19-18-25(37-40(5,6)7)20-24(33)21-29(32)38-41(8,9)10/h21,23,25-30,32H,14-20,22H2,1-13H3/t23-,25+,26-,27?,28?,29-,30+,32?,33+,34-/m1/s1. The summed E-state index contributed by atoms with van der Waals surface area (Å²) in [6.45, 7) is 28.7. The Morgan fingerprint density at radius 2 is 1.52 bits per heavy atom. The lowest BCUT2D eigenvalue weighted by molar-refractivity contribution is -0.150. The molecule has 0 aromatic rings. The molecule has 8 heteroatoms. The van der Waals surface area contributed by atoms with E-state index in [-0.39, 0.29) is 29.0 Å². The molecular weight excluding hydrogens is 573 g/mol. The first-order valence-corrected chi connectivity index (χ1v) is 27.2. The van der Waals surface area contributed by atoms with Crippen LogP contribution in [0.25, 0.3) is 0 Å². The van der Waals surface area contributed by atoms with Gasteiger partial charge in [-0.15, -0.1) is 0 Å². The van der Waals surface area contributed by atoms with Crippen LogP contribution in [0.4, 0.5) is 0 Å². The number of hydrogen-bond acceptors (Lipinski definition) is 5. The molecule has 0 aliphatic heterocycles. The molecule has 4 rings (SSSR count). The van der Waals surface area contributed by atoms with Crippen molar-refractivity contribution in [3.05, 3.63) is 11.6 Å². The van der Waals surface area contributed by atoms with E-state index < -0.39 is 25.0 Å². The minimum absolute atomic E-state index is 0.0812. The van der Waals surface area contributed by atoms with Crippen LogP contribution in [0.3, 0.4) is 0 Å². The van der Waals surface area contributed by atoms with Crippen LogP contribution in [0.15, 0.2) is 11.6 Å². The average Bonchev–Trinajstić information content (AvgIpc) is 3.19. The summed E-state index contributed by atoms with van der Waals surface area (Å²) < 4.78 is 26.2. The Bertz CT molecular complexity index is 1010. The largest absolute Gasteiger partial charge is 0.469 e. The molecule has 10 atom stereocenters. The minimum Gasteiger partial charge on any atom is -0.469 e. The second-order valence-corrected chi connectivity index (χ2v) is 31.2. The predicted molar refractivity (Wildman–Crippen MR) is 181 cm³/mol. The van der Waals surface area contributed by atoms with Crippen LogP contribution in [-0.4, -0.2) is 56.3 Å². The monoisotopic (exact) mass is 636 g/mol. The normalized spacial score (nSPS) is 39.5. The van der Waals surface area contributed by atoms with Gasteiger partial charge in [-0.2, -0.15) is 0 Å². The fourth-order valence-corrected chi connectivity index (χ4v) is 13.3. The molecule has 4 aliphatic carbocycles. The summed E-state index contributed by atoms with van der Waals surface area (Å²) in [5, 5.41) is 0. The van der Waals surface area contributed by atoms with E-state index in [4.69, 9.17) is 18.0 Å². The summed E-state index contributed by atoms with van der Waals surface area (Å²) in [5.74, 6) is 2.56. The van der Waals surface area contributed by atoms with E-state index in [1.807, 2.05) is 0 Å². The molecule has 5 nitrogen and oxygen atoms in total. The Morgan fingerprint density at radius 3 is 2.10 bits per heavy atom. The number of carbonyl (C=O) groups excluding carboxylic acids is 1. The molecule has 242 valence electrons. The smallest absolute Gasteiger partial charge is 0.305 e. The van der Waals surface area contributed by atoms with Crippen molar-refractivity contribution >= 4 is 30.9 Å². The van der Waals surface area contributed by atoms with E-state index in [1.165, 1.54) is 26.4 Å². The quantitative estimate of drug-likeness (QED) is 0.136. The van der Waals surface area contributed by atoms with E-state index in [0.717, 1.165) is 25.7 Å². The number of esters is 1. The maximum absolute atomic E-state index is 12.1. The molecule has 42 heavy (non-hydrogen) atoms. The van der Waals surface area contributed by atoms with E-state index in [0.29, 0.717) is 42.1 Å². The van der Waals surface area contributed by atoms with Crippen molar-refractivity contribution in [2.45, 2.75) is 149 Å². The summed E-state index contributed by atoms with van der Waals surface area (Å²) in [6.07, 6.45) is 11.8. The molecule has 0 spiro atoms. The van der Waals surface area contributed by atoms with Crippen molar-refractivity contribution in [2.24, 2.45) is 40.4 Å². The van der Waals surface area contributed by atoms with Crippen molar-refractivity contribution in [3.8, 4) is 0 Å². The van der Waals surface area contributed by atoms with E-state index in [9.17, 15) is 4.79 Å². The molecule has 3 unspecified atom stereocenters. The molecule has 0 amide bonds. The Balaban J connectivity index is 1.76. The molecule has 0 bridgehead atoms. The van der Waals surface area contributed by atoms with Gasteiger partial charge in [0.25, 0.3) is 0 Å². The van der Waals surface area contributed by atoms with Gasteiger partial charge in [-0.05, 0) is 144 Å². The van der Waals surface area contributed by atoms with Gasteiger partial charge in [0.05, 0.1) is 19.3 Å². The summed E-state index contributed by atoms with van der Waals surface area (Å²) in [4.78, 5) is 12.1. The molecule has 4 aliphatic rings. The van der Waals surface area contributed by atoms with Crippen LogP contribution in [0.5, 0.6) is 0 Å². The van der Waals surface area contributed by atoms with Crippen molar-refractivity contribution in [2.75, 3.05) is 7.11 Å². The van der Waals surface area contributed by atoms with Crippen LogP contribution in [0, 0.1) is 40.4 Å². The van der Waals surface area contributed by atoms with Gasteiger partial charge in [0.2, 0.25) is 0 Å². The second kappa shape index (κ2) is 12.2. The zero-order valence-corrected chi connectivity index (χ0v) is 32.4. The van der Waals surface area contributed by atoms with Gasteiger partial charge in [0, 0.05) is 12.5 Å². The molecule has 0 aromatic heterocycles. The summed E-state index contributed by atoms with van der Waals surface area (Å²) in [5.41, 5.74) is 1.87. The zero-order chi connectivity index (χ0) is 31.5.